The predicted octanol–water partition coefficient (Wildman–Crippen LogP) is 4.63. The van der Waals surface area contributed by atoms with Gasteiger partial charge in [0.1, 0.15) is 0 Å². The van der Waals surface area contributed by atoms with Gasteiger partial charge in [0.05, 0.1) is 41.1 Å². The number of halogens is 1. The van der Waals surface area contributed by atoms with Crippen molar-refractivity contribution in [2.45, 2.75) is 19.9 Å². The van der Waals surface area contributed by atoms with E-state index in [1.165, 1.54) is 18.4 Å². The first-order valence-corrected chi connectivity index (χ1v) is 14.6. The number of benzene rings is 3. The molecule has 5 rings (SSSR count). The van der Waals surface area contributed by atoms with Gasteiger partial charge in [-0.3, -0.25) is 9.36 Å². The van der Waals surface area contributed by atoms with Gasteiger partial charge in [-0.25, -0.2) is 14.6 Å². The van der Waals surface area contributed by atoms with Crippen molar-refractivity contribution in [3.63, 3.8) is 0 Å². The van der Waals surface area contributed by atoms with E-state index in [1.54, 1.807) is 54.8 Å². The molecule has 1 aliphatic heterocycles. The van der Waals surface area contributed by atoms with Crippen molar-refractivity contribution in [1.29, 1.82) is 0 Å². The van der Waals surface area contributed by atoms with Gasteiger partial charge in [-0.05, 0) is 77.9 Å². The minimum atomic E-state index is -0.675. The van der Waals surface area contributed by atoms with E-state index in [9.17, 15) is 14.4 Å². The van der Waals surface area contributed by atoms with Crippen molar-refractivity contribution < 1.29 is 23.8 Å². The van der Waals surface area contributed by atoms with Gasteiger partial charge in [-0.15, -0.1) is 0 Å². The van der Waals surface area contributed by atoms with E-state index in [4.69, 9.17) is 14.2 Å². The van der Waals surface area contributed by atoms with Gasteiger partial charge in [-0.1, -0.05) is 59.9 Å². The molecule has 1 unspecified atom stereocenters. The Labute approximate surface area is 253 Å². The summed E-state index contributed by atoms with van der Waals surface area (Å²) in [5.41, 5.74) is 2.44. The quantitative estimate of drug-likeness (QED) is 0.161. The maximum Gasteiger partial charge on any atom is 0.344 e. The van der Waals surface area contributed by atoms with E-state index in [2.05, 4.69) is 27.6 Å². The number of methoxy groups -OCH3 is 1. The van der Waals surface area contributed by atoms with Gasteiger partial charge in [0.2, 0.25) is 0 Å². The van der Waals surface area contributed by atoms with Gasteiger partial charge in [0, 0.05) is 3.57 Å². The first kappa shape index (κ1) is 28.5. The molecule has 2 heterocycles. The lowest BCUT2D eigenvalue weighted by molar-refractivity contribution is -0.139. The van der Waals surface area contributed by atoms with Crippen LogP contribution in [0.15, 0.2) is 93.9 Å². The first-order valence-electron chi connectivity index (χ1n) is 12.7. The SMILES string of the molecule is CCOC(=O)C1=C(C)N=c2sc(=Cc3ccc(OC(=O)c4ccccc4I)c(OC)c3)c(=O)n2C1c1ccccc1. The molecule has 0 saturated heterocycles. The molecule has 1 aromatic heterocycles. The van der Waals surface area contributed by atoms with Crippen LogP contribution in [0.5, 0.6) is 11.5 Å². The maximum absolute atomic E-state index is 13.8. The molecule has 10 heteroatoms. The number of esters is 2. The van der Waals surface area contributed by atoms with Gasteiger partial charge in [0.15, 0.2) is 16.3 Å². The Morgan fingerprint density at radius 2 is 1.76 bits per heavy atom. The summed E-state index contributed by atoms with van der Waals surface area (Å²) in [6, 6.07) is 20.9. The smallest absolute Gasteiger partial charge is 0.344 e. The fourth-order valence-corrected chi connectivity index (χ4v) is 6.19. The van der Waals surface area contributed by atoms with Crippen LogP contribution < -0.4 is 24.4 Å². The zero-order valence-electron chi connectivity index (χ0n) is 22.4. The van der Waals surface area contributed by atoms with Crippen molar-refractivity contribution in [2.24, 2.45) is 4.99 Å². The summed E-state index contributed by atoms with van der Waals surface area (Å²) in [6.07, 6.45) is 1.73. The van der Waals surface area contributed by atoms with E-state index in [1.807, 2.05) is 42.5 Å². The van der Waals surface area contributed by atoms with E-state index < -0.39 is 18.0 Å². The van der Waals surface area contributed by atoms with E-state index in [0.717, 1.165) is 9.13 Å². The Hall–Kier alpha value is -4.03. The second kappa shape index (κ2) is 12.2. The summed E-state index contributed by atoms with van der Waals surface area (Å²) in [5, 5.41) is 0. The van der Waals surface area contributed by atoms with Crippen LogP contribution in [0.3, 0.4) is 0 Å². The van der Waals surface area contributed by atoms with Crippen LogP contribution in [0.2, 0.25) is 0 Å². The number of allylic oxidation sites excluding steroid dienone is 1. The van der Waals surface area contributed by atoms with Crippen molar-refractivity contribution in [3.8, 4) is 11.5 Å². The Morgan fingerprint density at radius 3 is 2.46 bits per heavy atom. The first-order chi connectivity index (χ1) is 19.8. The molecule has 0 amide bonds. The summed E-state index contributed by atoms with van der Waals surface area (Å²) in [5.74, 6) is -0.400. The summed E-state index contributed by atoms with van der Waals surface area (Å²) in [4.78, 5) is 44.6. The second-order valence-electron chi connectivity index (χ2n) is 8.99. The number of hydrogen-bond donors (Lipinski definition) is 0. The fourth-order valence-electron chi connectivity index (χ4n) is 4.53. The highest BCUT2D eigenvalue weighted by Gasteiger charge is 2.33. The standard InChI is InChI=1S/C31H25IN2O6S/c1-4-39-30(37)26-18(2)33-31-34(27(26)20-10-6-5-7-11-20)28(35)25(41-31)17-19-14-15-23(24(16-19)38-3)40-29(36)21-12-8-9-13-22(21)32/h5-17,27H,4H2,1-3H3. The fraction of sp³-hybridized carbons (Fsp3) is 0.161. The molecule has 208 valence electrons. The minimum absolute atomic E-state index is 0.208. The average Bonchev–Trinajstić information content (AvgIpc) is 3.27. The van der Waals surface area contributed by atoms with Crippen molar-refractivity contribution in [2.75, 3.05) is 13.7 Å². The third kappa shape index (κ3) is 5.75. The summed E-state index contributed by atoms with van der Waals surface area (Å²) in [6.45, 7) is 3.70. The molecule has 0 bridgehead atoms. The highest BCUT2D eigenvalue weighted by Crippen LogP contribution is 2.31. The highest BCUT2D eigenvalue weighted by molar-refractivity contribution is 14.1. The molecular weight excluding hydrogens is 655 g/mol. The summed E-state index contributed by atoms with van der Waals surface area (Å²) >= 11 is 3.31. The molecule has 0 radical (unpaired) electrons. The Kier molecular flexibility index (Phi) is 8.50. The highest BCUT2D eigenvalue weighted by atomic mass is 127. The average molecular weight is 681 g/mol. The van der Waals surface area contributed by atoms with Crippen LogP contribution in [0.25, 0.3) is 6.08 Å². The lowest BCUT2D eigenvalue weighted by Gasteiger charge is -2.24. The zero-order chi connectivity index (χ0) is 29.1. The van der Waals surface area contributed by atoms with Crippen LogP contribution in [-0.4, -0.2) is 30.2 Å². The van der Waals surface area contributed by atoms with Crippen molar-refractivity contribution >= 4 is 51.9 Å². The van der Waals surface area contributed by atoms with E-state index in [0.29, 0.717) is 37.5 Å². The number of fused-ring (bicyclic) bond motifs is 1. The van der Waals surface area contributed by atoms with E-state index >= 15 is 0 Å². The summed E-state index contributed by atoms with van der Waals surface area (Å²) in [7, 11) is 1.48. The van der Waals surface area contributed by atoms with E-state index in [-0.39, 0.29) is 17.9 Å². The van der Waals surface area contributed by atoms with Gasteiger partial charge in [-0.2, -0.15) is 0 Å². The van der Waals surface area contributed by atoms with Crippen molar-refractivity contribution in [1.82, 2.24) is 4.57 Å². The Balaban J connectivity index is 1.55. The number of thiazole rings is 1. The number of rotatable bonds is 7. The van der Waals surface area contributed by atoms with Crippen LogP contribution in [0, 0.1) is 3.57 Å². The molecule has 41 heavy (non-hydrogen) atoms. The molecule has 0 spiro atoms. The molecule has 1 atom stereocenters. The van der Waals surface area contributed by atoms with Gasteiger partial charge >= 0.3 is 11.9 Å². The third-order valence-electron chi connectivity index (χ3n) is 6.41. The number of carbonyl (C=O) groups excluding carboxylic acids is 2. The number of carbonyl (C=O) groups is 2. The lowest BCUT2D eigenvalue weighted by Crippen LogP contribution is -2.39. The maximum atomic E-state index is 13.8. The molecule has 0 aliphatic carbocycles. The number of ether oxygens (including phenoxy) is 3. The molecule has 0 fully saturated rings. The normalized spacial score (nSPS) is 14.7. The van der Waals surface area contributed by atoms with Crippen molar-refractivity contribution in [3.05, 3.63) is 124 Å². The largest absolute Gasteiger partial charge is 0.493 e. The topological polar surface area (TPSA) is 96.2 Å². The van der Waals surface area contributed by atoms with Gasteiger partial charge < -0.3 is 14.2 Å². The van der Waals surface area contributed by atoms with Crippen LogP contribution in [0.4, 0.5) is 0 Å². The number of nitrogens with zero attached hydrogens (tertiary/aromatic N) is 2. The molecule has 1 aliphatic rings. The summed E-state index contributed by atoms with van der Waals surface area (Å²) < 4.78 is 19.2. The third-order valence-corrected chi connectivity index (χ3v) is 8.34. The zero-order valence-corrected chi connectivity index (χ0v) is 25.4. The van der Waals surface area contributed by atoms with Crippen LogP contribution in [0.1, 0.15) is 41.4 Å². The monoisotopic (exact) mass is 680 g/mol. The molecule has 3 aromatic carbocycles. The second-order valence-corrected chi connectivity index (χ2v) is 11.2. The van der Waals surface area contributed by atoms with Crippen LogP contribution in [-0.2, 0) is 9.53 Å². The molecule has 8 nitrogen and oxygen atoms in total. The Morgan fingerprint density at radius 1 is 1.02 bits per heavy atom. The number of hydrogen-bond acceptors (Lipinski definition) is 8. The lowest BCUT2D eigenvalue weighted by atomic mass is 9.96. The molecular formula is C31H25IN2O6S. The predicted molar refractivity (Wildman–Crippen MR) is 164 cm³/mol. The molecule has 0 saturated carbocycles. The Bertz CT molecular complexity index is 1860. The number of aromatic nitrogens is 1. The van der Waals surface area contributed by atoms with Crippen LogP contribution >= 0.6 is 33.9 Å². The molecule has 0 N–H and O–H groups in total. The van der Waals surface area contributed by atoms with Gasteiger partial charge in [0.25, 0.3) is 5.56 Å². The minimum Gasteiger partial charge on any atom is -0.493 e. The molecule has 4 aromatic rings.